The van der Waals surface area contributed by atoms with E-state index in [0.717, 1.165) is 6.08 Å². The molecule has 24 heavy (non-hydrogen) atoms. The zero-order valence-electron chi connectivity index (χ0n) is 12.3. The van der Waals surface area contributed by atoms with E-state index in [1.807, 2.05) is 0 Å². The molecule has 1 amide bonds. The van der Waals surface area contributed by atoms with Crippen molar-refractivity contribution in [3.8, 4) is 0 Å². The van der Waals surface area contributed by atoms with Gasteiger partial charge in [-0.1, -0.05) is 24.3 Å². The summed E-state index contributed by atoms with van der Waals surface area (Å²) in [6.07, 6.45) is 2.44. The number of amides is 1. The lowest BCUT2D eigenvalue weighted by atomic mass is 10.2. The van der Waals surface area contributed by atoms with E-state index in [2.05, 4.69) is 10.6 Å². The largest absolute Gasteiger partial charge is 0.478 e. The van der Waals surface area contributed by atoms with E-state index in [9.17, 15) is 14.0 Å². The third kappa shape index (κ3) is 4.99. The minimum absolute atomic E-state index is 0.00242. The highest BCUT2D eigenvalue weighted by molar-refractivity contribution is 7.80. The van der Waals surface area contributed by atoms with Gasteiger partial charge in [0.2, 0.25) is 0 Å². The lowest BCUT2D eigenvalue weighted by molar-refractivity contribution is -0.131. The molecule has 5 nitrogen and oxygen atoms in total. The van der Waals surface area contributed by atoms with E-state index in [4.69, 9.17) is 17.3 Å². The van der Waals surface area contributed by atoms with Crippen LogP contribution in [-0.4, -0.2) is 22.1 Å². The Morgan fingerprint density at radius 3 is 2.58 bits per heavy atom. The minimum Gasteiger partial charge on any atom is -0.478 e. The number of hydrogen-bond acceptors (Lipinski definition) is 3. The summed E-state index contributed by atoms with van der Waals surface area (Å²) in [6.45, 7) is 0. The Morgan fingerprint density at radius 2 is 1.88 bits per heavy atom. The first-order valence-electron chi connectivity index (χ1n) is 6.83. The molecule has 0 aromatic heterocycles. The van der Waals surface area contributed by atoms with Crippen LogP contribution in [0.3, 0.4) is 0 Å². The fraction of sp³-hybridized carbons (Fsp3) is 0. The van der Waals surface area contributed by atoms with Crippen molar-refractivity contribution in [2.24, 2.45) is 0 Å². The second-order valence-corrected chi connectivity index (χ2v) is 5.09. The summed E-state index contributed by atoms with van der Waals surface area (Å²) in [5, 5.41) is 13.8. The van der Waals surface area contributed by atoms with Gasteiger partial charge >= 0.3 is 5.97 Å². The molecular weight excluding hydrogens is 331 g/mol. The average Bonchev–Trinajstić information content (AvgIpc) is 2.53. The molecule has 0 aliphatic heterocycles. The van der Waals surface area contributed by atoms with Crippen LogP contribution in [0.5, 0.6) is 0 Å². The van der Waals surface area contributed by atoms with Gasteiger partial charge in [0, 0.05) is 11.8 Å². The molecular formula is C17H13FN2O3S. The number of nitrogens with one attached hydrogen (secondary N) is 2. The smallest absolute Gasteiger partial charge is 0.328 e. The predicted octanol–water partition coefficient (Wildman–Crippen LogP) is 3.05. The molecule has 2 rings (SSSR count). The molecule has 0 unspecified atom stereocenters. The Balaban J connectivity index is 2.02. The third-order valence-electron chi connectivity index (χ3n) is 2.91. The number of carboxylic acid groups (broad SMARTS) is 1. The number of benzene rings is 2. The number of rotatable bonds is 4. The quantitative estimate of drug-likeness (QED) is 0.587. The summed E-state index contributed by atoms with van der Waals surface area (Å²) >= 11 is 5.03. The van der Waals surface area contributed by atoms with Crippen molar-refractivity contribution in [1.29, 1.82) is 0 Å². The molecule has 0 radical (unpaired) electrons. The van der Waals surface area contributed by atoms with Crippen LogP contribution in [0.15, 0.2) is 54.6 Å². The zero-order chi connectivity index (χ0) is 17.5. The highest BCUT2D eigenvalue weighted by Crippen LogP contribution is 2.12. The third-order valence-corrected chi connectivity index (χ3v) is 3.11. The lowest BCUT2D eigenvalue weighted by Gasteiger charge is -2.10. The first-order chi connectivity index (χ1) is 11.5. The number of carboxylic acids is 1. The minimum atomic E-state index is -1.05. The van der Waals surface area contributed by atoms with E-state index in [-0.39, 0.29) is 10.7 Å². The first kappa shape index (κ1) is 17.3. The SMILES string of the molecule is O=C(O)/C=C/c1cccc(NC(=S)NC(=O)c2ccccc2F)c1. The van der Waals surface area contributed by atoms with Crippen molar-refractivity contribution >= 4 is 41.0 Å². The van der Waals surface area contributed by atoms with E-state index in [1.54, 1.807) is 30.3 Å². The standard InChI is InChI=1S/C17H13FN2O3S/c18-14-7-2-1-6-13(14)16(23)20-17(24)19-12-5-3-4-11(10-12)8-9-15(21)22/h1-10H,(H,21,22)(H2,19,20,23,24)/b9-8+. The Labute approximate surface area is 142 Å². The number of anilines is 1. The molecule has 0 spiro atoms. The van der Waals surface area contributed by atoms with E-state index >= 15 is 0 Å². The molecule has 0 saturated heterocycles. The van der Waals surface area contributed by atoms with Gasteiger partial charge in [-0.05, 0) is 48.1 Å². The molecule has 2 aromatic rings. The van der Waals surface area contributed by atoms with Crippen molar-refractivity contribution in [1.82, 2.24) is 5.32 Å². The van der Waals surface area contributed by atoms with Crippen LogP contribution in [0.4, 0.5) is 10.1 Å². The molecule has 0 aliphatic carbocycles. The van der Waals surface area contributed by atoms with Gasteiger partial charge in [-0.2, -0.15) is 0 Å². The normalized spacial score (nSPS) is 10.4. The zero-order valence-corrected chi connectivity index (χ0v) is 13.1. The number of hydrogen-bond donors (Lipinski definition) is 3. The second-order valence-electron chi connectivity index (χ2n) is 4.69. The number of carbonyl (C=O) groups is 2. The first-order valence-corrected chi connectivity index (χ1v) is 7.24. The van der Waals surface area contributed by atoms with Crippen LogP contribution in [0.25, 0.3) is 6.08 Å². The molecule has 0 bridgehead atoms. The number of aliphatic carboxylic acids is 1. The van der Waals surface area contributed by atoms with E-state index in [0.29, 0.717) is 11.3 Å². The van der Waals surface area contributed by atoms with E-state index < -0.39 is 17.7 Å². The Kier molecular flexibility index (Phi) is 5.75. The summed E-state index contributed by atoms with van der Waals surface area (Å²) in [5.41, 5.74) is 1.09. The topological polar surface area (TPSA) is 78.4 Å². The molecule has 3 N–H and O–H groups in total. The number of carbonyl (C=O) groups excluding carboxylic acids is 1. The second kappa shape index (κ2) is 7.98. The summed E-state index contributed by atoms with van der Waals surface area (Å²) in [7, 11) is 0. The Hall–Kier alpha value is -3.06. The van der Waals surface area contributed by atoms with Gasteiger partial charge in [-0.15, -0.1) is 0 Å². The molecule has 122 valence electrons. The Morgan fingerprint density at radius 1 is 1.12 bits per heavy atom. The van der Waals surface area contributed by atoms with Crippen LogP contribution in [0, 0.1) is 5.82 Å². The van der Waals surface area contributed by atoms with Crippen molar-refractivity contribution in [3.05, 3.63) is 71.6 Å². The van der Waals surface area contributed by atoms with Gasteiger partial charge in [0.15, 0.2) is 5.11 Å². The summed E-state index contributed by atoms with van der Waals surface area (Å²) in [4.78, 5) is 22.5. The van der Waals surface area contributed by atoms with Gasteiger partial charge < -0.3 is 10.4 Å². The van der Waals surface area contributed by atoms with Gasteiger partial charge in [0.1, 0.15) is 5.82 Å². The average molecular weight is 344 g/mol. The maximum Gasteiger partial charge on any atom is 0.328 e. The van der Waals surface area contributed by atoms with Gasteiger partial charge in [-0.3, -0.25) is 10.1 Å². The van der Waals surface area contributed by atoms with Crippen molar-refractivity contribution in [3.63, 3.8) is 0 Å². The van der Waals surface area contributed by atoms with Crippen LogP contribution < -0.4 is 10.6 Å². The molecule has 0 atom stereocenters. The van der Waals surface area contributed by atoms with Crippen molar-refractivity contribution < 1.29 is 19.1 Å². The maximum atomic E-state index is 13.5. The molecule has 7 heteroatoms. The van der Waals surface area contributed by atoms with Gasteiger partial charge in [-0.25, -0.2) is 9.18 Å². The Bertz CT molecular complexity index is 821. The lowest BCUT2D eigenvalue weighted by Crippen LogP contribution is -2.34. The molecule has 2 aromatic carbocycles. The predicted molar refractivity (Wildman–Crippen MR) is 93.2 cm³/mol. The van der Waals surface area contributed by atoms with Gasteiger partial charge in [0.05, 0.1) is 5.56 Å². The fourth-order valence-electron chi connectivity index (χ4n) is 1.87. The summed E-state index contributed by atoms with van der Waals surface area (Å²) < 4.78 is 13.5. The fourth-order valence-corrected chi connectivity index (χ4v) is 2.08. The monoisotopic (exact) mass is 344 g/mol. The number of thiocarbonyl (C=S) groups is 1. The van der Waals surface area contributed by atoms with Crippen LogP contribution >= 0.6 is 12.2 Å². The van der Waals surface area contributed by atoms with Crippen LogP contribution in [0.2, 0.25) is 0 Å². The molecule has 0 saturated carbocycles. The molecule has 0 aliphatic rings. The highest BCUT2D eigenvalue weighted by Gasteiger charge is 2.12. The molecule has 0 heterocycles. The summed E-state index contributed by atoms with van der Waals surface area (Å²) in [6, 6.07) is 12.3. The van der Waals surface area contributed by atoms with Gasteiger partial charge in [0.25, 0.3) is 5.91 Å². The molecule has 0 fully saturated rings. The highest BCUT2D eigenvalue weighted by atomic mass is 32.1. The van der Waals surface area contributed by atoms with E-state index in [1.165, 1.54) is 24.3 Å². The van der Waals surface area contributed by atoms with Crippen molar-refractivity contribution in [2.45, 2.75) is 0 Å². The number of halogens is 1. The van der Waals surface area contributed by atoms with Crippen LogP contribution in [-0.2, 0) is 4.79 Å². The van der Waals surface area contributed by atoms with Crippen LogP contribution in [0.1, 0.15) is 15.9 Å². The maximum absolute atomic E-state index is 13.5. The summed E-state index contributed by atoms with van der Waals surface area (Å²) in [5.74, 6) is -2.35. The van der Waals surface area contributed by atoms with Crippen molar-refractivity contribution in [2.75, 3.05) is 5.32 Å².